The molecule has 31 heavy (non-hydrogen) atoms. The lowest BCUT2D eigenvalue weighted by molar-refractivity contribution is -0.113. The first-order valence-electron chi connectivity index (χ1n) is 9.16. The molecular formula is C24H14Cl3NO3. The van der Waals surface area contributed by atoms with E-state index in [1.807, 2.05) is 30.3 Å². The van der Waals surface area contributed by atoms with E-state index in [-0.39, 0.29) is 16.5 Å². The second-order valence-electron chi connectivity index (χ2n) is 6.77. The number of amides is 1. The molecule has 154 valence electrons. The summed E-state index contributed by atoms with van der Waals surface area (Å²) in [6.45, 7) is 0. The maximum absolute atomic E-state index is 13.4. The number of nitrogens with zero attached hydrogens (tertiary/aromatic N) is 1. The zero-order valence-electron chi connectivity index (χ0n) is 15.9. The van der Waals surface area contributed by atoms with Crippen LogP contribution in [0, 0.1) is 0 Å². The molecule has 0 aliphatic carbocycles. The topological polar surface area (TPSA) is 57.6 Å². The average Bonchev–Trinajstić information content (AvgIpc) is 3.07. The van der Waals surface area contributed by atoms with Crippen LogP contribution < -0.4 is 4.90 Å². The molecule has 0 bridgehead atoms. The molecule has 3 aromatic rings. The SMILES string of the molecule is O=C(O)c1cc(N2C(=O)/C(=C/c3ccc(Cl)cc3Cl)C=C2c2ccccc2)ccc1Cl. The number of benzene rings is 3. The summed E-state index contributed by atoms with van der Waals surface area (Å²) in [5.41, 5.74) is 2.76. The molecule has 1 aliphatic rings. The van der Waals surface area contributed by atoms with E-state index in [4.69, 9.17) is 34.8 Å². The Hall–Kier alpha value is -3.05. The zero-order valence-corrected chi connectivity index (χ0v) is 18.1. The number of rotatable bonds is 4. The van der Waals surface area contributed by atoms with E-state index in [1.54, 1.807) is 36.4 Å². The van der Waals surface area contributed by atoms with E-state index in [2.05, 4.69) is 0 Å². The fraction of sp³-hybridized carbons (Fsp3) is 0. The number of hydrogen-bond donors (Lipinski definition) is 1. The Balaban J connectivity index is 1.86. The van der Waals surface area contributed by atoms with Crippen molar-refractivity contribution in [3.63, 3.8) is 0 Å². The molecule has 0 spiro atoms. The van der Waals surface area contributed by atoms with Crippen LogP contribution in [0.2, 0.25) is 15.1 Å². The molecular weight excluding hydrogens is 457 g/mol. The summed E-state index contributed by atoms with van der Waals surface area (Å²) in [6.07, 6.45) is 3.43. The van der Waals surface area contributed by atoms with Gasteiger partial charge in [0.15, 0.2) is 0 Å². The number of carbonyl (C=O) groups is 2. The number of hydrogen-bond acceptors (Lipinski definition) is 2. The van der Waals surface area contributed by atoms with Crippen LogP contribution in [-0.4, -0.2) is 17.0 Å². The molecule has 1 aliphatic heterocycles. The molecule has 0 saturated heterocycles. The molecule has 1 amide bonds. The van der Waals surface area contributed by atoms with Crippen LogP contribution in [0.3, 0.4) is 0 Å². The van der Waals surface area contributed by atoms with E-state index in [1.165, 1.54) is 17.0 Å². The van der Waals surface area contributed by atoms with E-state index in [0.717, 1.165) is 5.56 Å². The van der Waals surface area contributed by atoms with Gasteiger partial charge in [-0.2, -0.15) is 0 Å². The van der Waals surface area contributed by atoms with Gasteiger partial charge in [-0.05, 0) is 53.6 Å². The quantitative estimate of drug-likeness (QED) is 0.426. The van der Waals surface area contributed by atoms with Crippen LogP contribution in [0.25, 0.3) is 11.8 Å². The highest BCUT2D eigenvalue weighted by Crippen LogP contribution is 2.37. The van der Waals surface area contributed by atoms with Gasteiger partial charge in [-0.15, -0.1) is 0 Å². The van der Waals surface area contributed by atoms with Gasteiger partial charge in [-0.3, -0.25) is 9.69 Å². The first-order chi connectivity index (χ1) is 14.8. The minimum atomic E-state index is -1.17. The van der Waals surface area contributed by atoms with Crippen molar-refractivity contribution in [2.75, 3.05) is 4.90 Å². The van der Waals surface area contributed by atoms with Crippen LogP contribution in [0.5, 0.6) is 0 Å². The van der Waals surface area contributed by atoms with Crippen molar-refractivity contribution in [1.82, 2.24) is 0 Å². The predicted molar refractivity (Wildman–Crippen MR) is 125 cm³/mol. The summed E-state index contributed by atoms with van der Waals surface area (Å²) in [6, 6.07) is 18.8. The van der Waals surface area contributed by atoms with Crippen LogP contribution in [0.4, 0.5) is 5.69 Å². The van der Waals surface area contributed by atoms with Crippen molar-refractivity contribution < 1.29 is 14.7 Å². The Kier molecular flexibility index (Phi) is 5.88. The normalized spacial score (nSPS) is 14.8. The number of anilines is 1. The van der Waals surface area contributed by atoms with Crippen molar-refractivity contribution in [2.45, 2.75) is 0 Å². The first-order valence-corrected chi connectivity index (χ1v) is 10.3. The smallest absolute Gasteiger partial charge is 0.337 e. The second-order valence-corrected chi connectivity index (χ2v) is 8.02. The maximum Gasteiger partial charge on any atom is 0.337 e. The minimum absolute atomic E-state index is 0.0856. The van der Waals surface area contributed by atoms with E-state index >= 15 is 0 Å². The monoisotopic (exact) mass is 469 g/mol. The molecule has 0 saturated carbocycles. The van der Waals surface area contributed by atoms with Crippen LogP contribution in [0.1, 0.15) is 21.5 Å². The lowest BCUT2D eigenvalue weighted by Crippen LogP contribution is -2.25. The molecule has 1 N–H and O–H groups in total. The Morgan fingerprint density at radius 2 is 1.65 bits per heavy atom. The molecule has 4 rings (SSSR count). The van der Waals surface area contributed by atoms with Gasteiger partial charge < -0.3 is 5.11 Å². The van der Waals surface area contributed by atoms with Gasteiger partial charge in [0.2, 0.25) is 0 Å². The zero-order chi connectivity index (χ0) is 22.1. The summed E-state index contributed by atoms with van der Waals surface area (Å²) < 4.78 is 0. The summed E-state index contributed by atoms with van der Waals surface area (Å²) in [4.78, 5) is 26.4. The third-order valence-electron chi connectivity index (χ3n) is 4.76. The predicted octanol–water partition coefficient (Wildman–Crippen LogP) is 6.82. The first kappa shape index (κ1) is 21.2. The molecule has 0 unspecified atom stereocenters. The molecule has 3 aromatic carbocycles. The third-order valence-corrected chi connectivity index (χ3v) is 5.66. The van der Waals surface area contributed by atoms with Gasteiger partial charge in [-0.1, -0.05) is 71.2 Å². The third kappa shape index (κ3) is 4.23. The summed E-state index contributed by atoms with van der Waals surface area (Å²) >= 11 is 18.3. The molecule has 0 aromatic heterocycles. The van der Waals surface area contributed by atoms with Gasteiger partial charge in [0.1, 0.15) is 0 Å². The van der Waals surface area contributed by atoms with Crippen molar-refractivity contribution in [3.8, 4) is 0 Å². The lowest BCUT2D eigenvalue weighted by atomic mass is 10.1. The van der Waals surface area contributed by atoms with Crippen molar-refractivity contribution in [1.29, 1.82) is 0 Å². The number of carboxylic acid groups (broad SMARTS) is 1. The lowest BCUT2D eigenvalue weighted by Gasteiger charge is -2.21. The van der Waals surface area contributed by atoms with E-state index in [9.17, 15) is 14.7 Å². The van der Waals surface area contributed by atoms with Gasteiger partial charge in [0.05, 0.1) is 22.0 Å². The highest BCUT2D eigenvalue weighted by atomic mass is 35.5. The average molecular weight is 471 g/mol. The van der Waals surface area contributed by atoms with Gasteiger partial charge in [0.25, 0.3) is 5.91 Å². The molecule has 0 radical (unpaired) electrons. The number of aromatic carboxylic acids is 1. The molecule has 0 atom stereocenters. The van der Waals surface area contributed by atoms with Crippen molar-refractivity contribution >= 4 is 64.1 Å². The van der Waals surface area contributed by atoms with E-state index < -0.39 is 5.97 Å². The maximum atomic E-state index is 13.4. The standard InChI is InChI=1S/C24H14Cl3NO3/c25-17-7-6-15(21(27)12-17)10-16-11-22(14-4-2-1-3-5-14)28(23(16)29)18-8-9-20(26)19(13-18)24(30)31/h1-13H,(H,30,31)/b16-10+. The van der Waals surface area contributed by atoms with Gasteiger partial charge >= 0.3 is 5.97 Å². The molecule has 0 fully saturated rings. The van der Waals surface area contributed by atoms with Gasteiger partial charge in [0, 0.05) is 15.6 Å². The van der Waals surface area contributed by atoms with Crippen LogP contribution >= 0.6 is 34.8 Å². The second kappa shape index (κ2) is 8.60. The van der Waals surface area contributed by atoms with Crippen molar-refractivity contribution in [3.05, 3.63) is 110 Å². The highest BCUT2D eigenvalue weighted by Gasteiger charge is 2.31. The Morgan fingerprint density at radius 1 is 0.903 bits per heavy atom. The van der Waals surface area contributed by atoms with Gasteiger partial charge in [-0.25, -0.2) is 4.79 Å². The number of carboxylic acids is 1. The largest absolute Gasteiger partial charge is 0.478 e. The Labute approximate surface area is 193 Å². The summed E-state index contributed by atoms with van der Waals surface area (Å²) in [7, 11) is 0. The Morgan fingerprint density at radius 3 is 2.32 bits per heavy atom. The highest BCUT2D eigenvalue weighted by molar-refractivity contribution is 6.36. The van der Waals surface area contributed by atoms with E-state index in [0.29, 0.717) is 32.6 Å². The van der Waals surface area contributed by atoms with Crippen molar-refractivity contribution in [2.24, 2.45) is 0 Å². The molecule has 4 nitrogen and oxygen atoms in total. The fourth-order valence-corrected chi connectivity index (χ4v) is 3.96. The molecule has 1 heterocycles. The number of halogens is 3. The Bertz CT molecular complexity index is 1270. The molecule has 7 heteroatoms. The van der Waals surface area contributed by atoms with Crippen LogP contribution in [-0.2, 0) is 4.79 Å². The van der Waals surface area contributed by atoms with Crippen LogP contribution in [0.15, 0.2) is 78.4 Å². The summed E-state index contributed by atoms with van der Waals surface area (Å²) in [5.74, 6) is -1.49. The summed E-state index contributed by atoms with van der Waals surface area (Å²) in [5, 5.41) is 10.4. The fourth-order valence-electron chi connectivity index (χ4n) is 3.30. The minimum Gasteiger partial charge on any atom is -0.478 e. The number of carbonyl (C=O) groups excluding carboxylic acids is 1.